The summed E-state index contributed by atoms with van der Waals surface area (Å²) in [6.45, 7) is 1.80. The van der Waals surface area contributed by atoms with Gasteiger partial charge in [-0.2, -0.15) is 0 Å². The summed E-state index contributed by atoms with van der Waals surface area (Å²) >= 11 is 9.35. The number of carbonyl (C=O) groups excluding carboxylic acids is 1. The minimum atomic E-state index is -0.880. The molecule has 0 saturated carbocycles. The maximum Gasteiger partial charge on any atom is 0.243 e. The maximum absolute atomic E-state index is 11.9. The standard InChI is InChI=1S/C16H16BrClN2O/c1-16(15(19)21,10-11-5-3-2-4-6-11)20-12-7-8-14(18)13(17)9-12/h2-9,20H,10H2,1H3,(H2,19,21). The van der Waals surface area contributed by atoms with E-state index in [2.05, 4.69) is 21.2 Å². The first kappa shape index (κ1) is 15.9. The first-order chi connectivity index (χ1) is 9.90. The smallest absolute Gasteiger partial charge is 0.243 e. The van der Waals surface area contributed by atoms with E-state index in [-0.39, 0.29) is 0 Å². The molecule has 2 rings (SSSR count). The van der Waals surface area contributed by atoms with E-state index in [1.54, 1.807) is 13.0 Å². The number of hydrogen-bond donors (Lipinski definition) is 2. The summed E-state index contributed by atoms with van der Waals surface area (Å²) in [6.07, 6.45) is 0.503. The predicted molar refractivity (Wildman–Crippen MR) is 90.5 cm³/mol. The molecule has 0 radical (unpaired) electrons. The fraction of sp³-hybridized carbons (Fsp3) is 0.188. The minimum Gasteiger partial charge on any atom is -0.371 e. The van der Waals surface area contributed by atoms with Crippen LogP contribution in [0.2, 0.25) is 5.02 Å². The van der Waals surface area contributed by atoms with Crippen LogP contribution in [0.4, 0.5) is 5.69 Å². The second-order valence-electron chi connectivity index (χ2n) is 5.11. The molecule has 3 nitrogen and oxygen atoms in total. The number of carbonyl (C=O) groups is 1. The summed E-state index contributed by atoms with van der Waals surface area (Å²) < 4.78 is 0.765. The Hall–Kier alpha value is -1.52. The van der Waals surface area contributed by atoms with Gasteiger partial charge >= 0.3 is 0 Å². The SMILES string of the molecule is CC(Cc1ccccc1)(Nc1ccc(Cl)c(Br)c1)C(N)=O. The van der Waals surface area contributed by atoms with Gasteiger partial charge in [0.25, 0.3) is 0 Å². The highest BCUT2D eigenvalue weighted by molar-refractivity contribution is 9.10. The lowest BCUT2D eigenvalue weighted by Crippen LogP contribution is -2.49. The van der Waals surface area contributed by atoms with Crippen molar-refractivity contribution >= 4 is 39.1 Å². The van der Waals surface area contributed by atoms with Crippen LogP contribution in [0.5, 0.6) is 0 Å². The van der Waals surface area contributed by atoms with Gasteiger partial charge < -0.3 is 11.1 Å². The third-order valence-corrected chi connectivity index (χ3v) is 4.50. The summed E-state index contributed by atoms with van der Waals surface area (Å²) in [5.74, 6) is -0.405. The molecule has 0 aliphatic rings. The van der Waals surface area contributed by atoms with E-state index in [1.807, 2.05) is 42.5 Å². The van der Waals surface area contributed by atoms with E-state index >= 15 is 0 Å². The van der Waals surface area contributed by atoms with Gasteiger partial charge in [0.15, 0.2) is 0 Å². The van der Waals surface area contributed by atoms with E-state index in [4.69, 9.17) is 17.3 Å². The Bertz CT molecular complexity index is 648. The van der Waals surface area contributed by atoms with Gasteiger partial charge in [0, 0.05) is 16.6 Å². The number of anilines is 1. The normalized spacial score (nSPS) is 13.5. The van der Waals surface area contributed by atoms with Crippen molar-refractivity contribution in [3.63, 3.8) is 0 Å². The van der Waals surface area contributed by atoms with Gasteiger partial charge in [-0.1, -0.05) is 41.9 Å². The van der Waals surface area contributed by atoms with Gasteiger partial charge in [-0.15, -0.1) is 0 Å². The highest BCUT2D eigenvalue weighted by Crippen LogP contribution is 2.28. The number of rotatable bonds is 5. The zero-order valence-electron chi connectivity index (χ0n) is 11.6. The molecule has 0 bridgehead atoms. The molecule has 0 aliphatic carbocycles. The molecule has 1 unspecified atom stereocenters. The first-order valence-electron chi connectivity index (χ1n) is 6.48. The number of hydrogen-bond acceptors (Lipinski definition) is 2. The second kappa shape index (κ2) is 6.50. The van der Waals surface area contributed by atoms with Crippen molar-refractivity contribution in [3.8, 4) is 0 Å². The molecule has 0 saturated heterocycles. The van der Waals surface area contributed by atoms with E-state index in [0.29, 0.717) is 11.4 Å². The van der Waals surface area contributed by atoms with E-state index < -0.39 is 11.4 Å². The van der Waals surface area contributed by atoms with E-state index in [0.717, 1.165) is 15.7 Å². The Kier molecular flexibility index (Phi) is 4.91. The average molecular weight is 368 g/mol. The lowest BCUT2D eigenvalue weighted by Gasteiger charge is -2.29. The second-order valence-corrected chi connectivity index (χ2v) is 6.37. The predicted octanol–water partition coefficient (Wildman–Crippen LogP) is 4.00. The van der Waals surface area contributed by atoms with Crippen LogP contribution < -0.4 is 11.1 Å². The molecule has 2 aromatic rings. The molecule has 0 aromatic heterocycles. The molecule has 5 heteroatoms. The number of nitrogens with two attached hydrogens (primary N) is 1. The summed E-state index contributed by atoms with van der Waals surface area (Å²) in [4.78, 5) is 11.9. The quantitative estimate of drug-likeness (QED) is 0.839. The van der Waals surface area contributed by atoms with Gasteiger partial charge in [-0.25, -0.2) is 0 Å². The molecule has 2 aromatic carbocycles. The number of halogens is 2. The average Bonchev–Trinajstić information content (AvgIpc) is 2.44. The van der Waals surface area contributed by atoms with Gasteiger partial charge in [-0.05, 0) is 46.6 Å². The molecule has 21 heavy (non-hydrogen) atoms. The summed E-state index contributed by atoms with van der Waals surface area (Å²) in [5.41, 5.74) is 6.54. The Morgan fingerprint density at radius 1 is 1.29 bits per heavy atom. The van der Waals surface area contributed by atoms with Crippen LogP contribution in [0.25, 0.3) is 0 Å². The van der Waals surface area contributed by atoms with Gasteiger partial charge in [-0.3, -0.25) is 4.79 Å². The zero-order chi connectivity index (χ0) is 15.5. The van der Waals surface area contributed by atoms with Crippen LogP contribution in [-0.4, -0.2) is 11.4 Å². The van der Waals surface area contributed by atoms with Gasteiger partial charge in [0.1, 0.15) is 5.54 Å². The monoisotopic (exact) mass is 366 g/mol. The highest BCUT2D eigenvalue weighted by atomic mass is 79.9. The van der Waals surface area contributed by atoms with Crippen LogP contribution >= 0.6 is 27.5 Å². The Morgan fingerprint density at radius 2 is 1.95 bits per heavy atom. The molecule has 110 valence electrons. The van der Waals surface area contributed by atoms with E-state index in [1.165, 1.54) is 0 Å². The molecule has 1 amide bonds. The Morgan fingerprint density at radius 3 is 2.52 bits per heavy atom. The Labute approximate surface area is 137 Å². The molecule has 0 heterocycles. The summed E-state index contributed by atoms with van der Waals surface area (Å²) in [6, 6.07) is 15.2. The molecule has 0 spiro atoms. The molecular weight excluding hydrogens is 352 g/mol. The Balaban J connectivity index is 2.25. The minimum absolute atomic E-state index is 0.405. The van der Waals surface area contributed by atoms with Crippen molar-refractivity contribution in [2.75, 3.05) is 5.32 Å². The van der Waals surface area contributed by atoms with Crippen molar-refractivity contribution < 1.29 is 4.79 Å². The fourth-order valence-corrected chi connectivity index (χ4v) is 2.59. The third kappa shape index (κ3) is 3.99. The number of benzene rings is 2. The molecule has 3 N–H and O–H groups in total. The number of amides is 1. The van der Waals surface area contributed by atoms with Crippen molar-refractivity contribution in [2.45, 2.75) is 18.9 Å². The topological polar surface area (TPSA) is 55.1 Å². The largest absolute Gasteiger partial charge is 0.371 e. The van der Waals surface area contributed by atoms with Crippen molar-refractivity contribution in [2.24, 2.45) is 5.73 Å². The third-order valence-electron chi connectivity index (χ3n) is 3.28. The van der Waals surface area contributed by atoms with Crippen LogP contribution in [0.1, 0.15) is 12.5 Å². The number of nitrogens with one attached hydrogen (secondary N) is 1. The van der Waals surface area contributed by atoms with Crippen LogP contribution in [0, 0.1) is 0 Å². The molecule has 1 atom stereocenters. The first-order valence-corrected chi connectivity index (χ1v) is 7.65. The maximum atomic E-state index is 11.9. The summed E-state index contributed by atoms with van der Waals surface area (Å²) in [7, 11) is 0. The lowest BCUT2D eigenvalue weighted by atomic mass is 9.91. The fourth-order valence-electron chi connectivity index (χ4n) is 2.09. The van der Waals surface area contributed by atoms with Crippen LogP contribution in [0.3, 0.4) is 0 Å². The van der Waals surface area contributed by atoms with Gasteiger partial charge in [0.2, 0.25) is 5.91 Å². The van der Waals surface area contributed by atoms with Crippen molar-refractivity contribution in [1.82, 2.24) is 0 Å². The zero-order valence-corrected chi connectivity index (χ0v) is 13.9. The van der Waals surface area contributed by atoms with Crippen molar-refractivity contribution in [1.29, 1.82) is 0 Å². The van der Waals surface area contributed by atoms with Crippen LogP contribution in [-0.2, 0) is 11.2 Å². The van der Waals surface area contributed by atoms with Crippen molar-refractivity contribution in [3.05, 3.63) is 63.6 Å². The molecule has 0 aliphatic heterocycles. The molecule has 0 fully saturated rings. The highest BCUT2D eigenvalue weighted by Gasteiger charge is 2.31. The number of primary amides is 1. The van der Waals surface area contributed by atoms with E-state index in [9.17, 15) is 4.79 Å². The van der Waals surface area contributed by atoms with Crippen LogP contribution in [0.15, 0.2) is 53.0 Å². The summed E-state index contributed by atoms with van der Waals surface area (Å²) in [5, 5.41) is 3.82. The van der Waals surface area contributed by atoms with Gasteiger partial charge in [0.05, 0.1) is 5.02 Å². The molecular formula is C16H16BrClN2O. The lowest BCUT2D eigenvalue weighted by molar-refractivity contribution is -0.121.